The van der Waals surface area contributed by atoms with Gasteiger partial charge in [0.15, 0.2) is 0 Å². The Morgan fingerprint density at radius 2 is 2.29 bits per heavy atom. The summed E-state index contributed by atoms with van der Waals surface area (Å²) in [6.07, 6.45) is 1.25. The van der Waals surface area contributed by atoms with Crippen molar-refractivity contribution in [2.24, 2.45) is 0 Å². The first-order chi connectivity index (χ1) is 8.19. The SMILES string of the molecule is CCOC=O.O=c1[nH]cnc2cc(F)ccc12. The van der Waals surface area contributed by atoms with Gasteiger partial charge in [0.05, 0.1) is 23.8 Å². The largest absolute Gasteiger partial charge is 0.468 e. The molecule has 0 saturated heterocycles. The van der Waals surface area contributed by atoms with Crippen LogP contribution in [0.5, 0.6) is 0 Å². The Balaban J connectivity index is 0.000000249. The second-order valence-corrected chi connectivity index (χ2v) is 2.94. The molecule has 0 unspecified atom stereocenters. The van der Waals surface area contributed by atoms with E-state index in [-0.39, 0.29) is 11.4 Å². The zero-order chi connectivity index (χ0) is 12.7. The number of benzene rings is 1. The number of rotatable bonds is 2. The molecule has 0 bridgehead atoms. The van der Waals surface area contributed by atoms with Crippen molar-refractivity contribution in [3.05, 3.63) is 40.7 Å². The van der Waals surface area contributed by atoms with Gasteiger partial charge in [0.1, 0.15) is 5.82 Å². The van der Waals surface area contributed by atoms with Gasteiger partial charge in [-0.3, -0.25) is 9.59 Å². The maximum absolute atomic E-state index is 12.6. The summed E-state index contributed by atoms with van der Waals surface area (Å²) < 4.78 is 16.8. The molecule has 1 heterocycles. The van der Waals surface area contributed by atoms with Crippen molar-refractivity contribution in [2.75, 3.05) is 6.61 Å². The van der Waals surface area contributed by atoms with Gasteiger partial charge in [0, 0.05) is 6.07 Å². The van der Waals surface area contributed by atoms with Crippen LogP contribution in [0.25, 0.3) is 10.9 Å². The summed E-state index contributed by atoms with van der Waals surface area (Å²) in [6.45, 7) is 2.66. The van der Waals surface area contributed by atoms with E-state index in [1.54, 1.807) is 6.92 Å². The number of nitrogens with one attached hydrogen (secondary N) is 1. The number of aromatic amines is 1. The first-order valence-electron chi connectivity index (χ1n) is 4.87. The van der Waals surface area contributed by atoms with E-state index in [1.807, 2.05) is 0 Å². The minimum Gasteiger partial charge on any atom is -0.468 e. The van der Waals surface area contributed by atoms with Crippen molar-refractivity contribution in [1.82, 2.24) is 9.97 Å². The Morgan fingerprint density at radius 1 is 1.53 bits per heavy atom. The molecule has 0 aliphatic heterocycles. The molecule has 1 aromatic heterocycles. The first-order valence-corrected chi connectivity index (χ1v) is 4.87. The quantitative estimate of drug-likeness (QED) is 0.799. The van der Waals surface area contributed by atoms with Crippen molar-refractivity contribution in [2.45, 2.75) is 6.92 Å². The standard InChI is InChI=1S/C8H5FN2O.C3H6O2/c9-5-1-2-6-7(3-5)10-4-11-8(6)12;1-2-5-3-4/h1-4H,(H,10,11,12);3H,2H2,1H3. The monoisotopic (exact) mass is 238 g/mol. The zero-order valence-corrected chi connectivity index (χ0v) is 9.14. The van der Waals surface area contributed by atoms with E-state index < -0.39 is 0 Å². The number of ether oxygens (including phenoxy) is 1. The summed E-state index contributed by atoms with van der Waals surface area (Å²) in [5.41, 5.74) is 0.124. The summed E-state index contributed by atoms with van der Waals surface area (Å²) in [5.74, 6) is -0.388. The van der Waals surface area contributed by atoms with Gasteiger partial charge in [-0.05, 0) is 19.1 Å². The Kier molecular flexibility index (Phi) is 4.80. The van der Waals surface area contributed by atoms with Crippen LogP contribution in [0, 0.1) is 5.82 Å². The maximum atomic E-state index is 12.6. The Bertz CT molecular complexity index is 554. The number of hydrogen-bond donors (Lipinski definition) is 1. The van der Waals surface area contributed by atoms with E-state index in [4.69, 9.17) is 0 Å². The number of carbonyl (C=O) groups is 1. The summed E-state index contributed by atoms with van der Waals surface area (Å²) in [5, 5.41) is 0.402. The molecule has 0 saturated carbocycles. The van der Waals surface area contributed by atoms with Gasteiger partial charge >= 0.3 is 0 Å². The predicted octanol–water partition coefficient (Wildman–Crippen LogP) is 1.24. The van der Waals surface area contributed by atoms with Gasteiger partial charge in [0.25, 0.3) is 12.0 Å². The molecular weight excluding hydrogens is 227 g/mol. The molecule has 5 nitrogen and oxygen atoms in total. The fourth-order valence-corrected chi connectivity index (χ4v) is 1.11. The number of aromatic nitrogens is 2. The van der Waals surface area contributed by atoms with Gasteiger partial charge in [-0.2, -0.15) is 0 Å². The normalized spacial score (nSPS) is 9.29. The average Bonchev–Trinajstić information content (AvgIpc) is 2.31. The van der Waals surface area contributed by atoms with E-state index >= 15 is 0 Å². The molecule has 0 spiro atoms. The second kappa shape index (κ2) is 6.37. The van der Waals surface area contributed by atoms with Crippen LogP contribution in [0.2, 0.25) is 0 Å². The van der Waals surface area contributed by atoms with E-state index in [0.717, 1.165) is 0 Å². The summed E-state index contributed by atoms with van der Waals surface area (Å²) in [6, 6.07) is 3.88. The number of H-pyrrole nitrogens is 1. The minimum absolute atomic E-state index is 0.250. The van der Waals surface area contributed by atoms with Gasteiger partial charge in [-0.1, -0.05) is 0 Å². The molecule has 90 valence electrons. The highest BCUT2D eigenvalue weighted by atomic mass is 19.1. The lowest BCUT2D eigenvalue weighted by atomic mass is 10.2. The highest BCUT2D eigenvalue weighted by molar-refractivity contribution is 5.76. The number of hydrogen-bond acceptors (Lipinski definition) is 4. The van der Waals surface area contributed by atoms with Gasteiger partial charge in [-0.15, -0.1) is 0 Å². The number of nitrogens with zero attached hydrogens (tertiary/aromatic N) is 1. The minimum atomic E-state index is -0.388. The highest BCUT2D eigenvalue weighted by Gasteiger charge is 1.98. The Hall–Kier alpha value is -2.24. The molecule has 0 aliphatic rings. The van der Waals surface area contributed by atoms with E-state index in [1.165, 1.54) is 24.5 Å². The number of fused-ring (bicyclic) bond motifs is 1. The van der Waals surface area contributed by atoms with Gasteiger partial charge in [0.2, 0.25) is 0 Å². The lowest BCUT2D eigenvalue weighted by molar-refractivity contribution is -0.128. The Labute approximate surface area is 96.3 Å². The summed E-state index contributed by atoms with van der Waals surface area (Å²) >= 11 is 0. The van der Waals surface area contributed by atoms with Crippen LogP contribution in [0.1, 0.15) is 6.92 Å². The smallest absolute Gasteiger partial charge is 0.293 e. The van der Waals surface area contributed by atoms with E-state index in [2.05, 4.69) is 14.7 Å². The maximum Gasteiger partial charge on any atom is 0.293 e. The molecule has 1 aromatic carbocycles. The fourth-order valence-electron chi connectivity index (χ4n) is 1.11. The summed E-state index contributed by atoms with van der Waals surface area (Å²) in [4.78, 5) is 26.5. The second-order valence-electron chi connectivity index (χ2n) is 2.94. The van der Waals surface area contributed by atoms with Gasteiger partial charge < -0.3 is 9.72 Å². The molecule has 2 rings (SSSR count). The molecule has 0 aliphatic carbocycles. The van der Waals surface area contributed by atoms with Crippen molar-refractivity contribution in [1.29, 1.82) is 0 Å². The predicted molar refractivity (Wildman–Crippen MR) is 60.0 cm³/mol. The first kappa shape index (κ1) is 12.8. The van der Waals surface area contributed by atoms with E-state index in [0.29, 0.717) is 24.0 Å². The van der Waals surface area contributed by atoms with Crippen molar-refractivity contribution < 1.29 is 13.9 Å². The van der Waals surface area contributed by atoms with Crippen LogP contribution in [0.4, 0.5) is 4.39 Å². The molecule has 0 amide bonds. The van der Waals surface area contributed by atoms with Crippen molar-refractivity contribution in [3.8, 4) is 0 Å². The van der Waals surface area contributed by atoms with Crippen LogP contribution in [0.3, 0.4) is 0 Å². The molecule has 2 aromatic rings. The van der Waals surface area contributed by atoms with Crippen LogP contribution >= 0.6 is 0 Å². The lowest BCUT2D eigenvalue weighted by Crippen LogP contribution is -2.05. The molecular formula is C11H11FN2O3. The van der Waals surface area contributed by atoms with Crippen LogP contribution in [-0.4, -0.2) is 23.0 Å². The lowest BCUT2D eigenvalue weighted by Gasteiger charge is -1.93. The van der Waals surface area contributed by atoms with E-state index in [9.17, 15) is 14.0 Å². The van der Waals surface area contributed by atoms with Crippen LogP contribution < -0.4 is 5.56 Å². The Morgan fingerprint density at radius 3 is 2.88 bits per heavy atom. The topological polar surface area (TPSA) is 72.1 Å². The average molecular weight is 238 g/mol. The van der Waals surface area contributed by atoms with Crippen LogP contribution in [-0.2, 0) is 9.53 Å². The molecule has 6 heteroatoms. The summed E-state index contributed by atoms with van der Waals surface area (Å²) in [7, 11) is 0. The van der Waals surface area contributed by atoms with Gasteiger partial charge in [-0.25, -0.2) is 9.37 Å². The third-order valence-corrected chi connectivity index (χ3v) is 1.84. The molecule has 0 atom stereocenters. The number of carbonyl (C=O) groups excluding carboxylic acids is 1. The third kappa shape index (κ3) is 3.67. The van der Waals surface area contributed by atoms with Crippen molar-refractivity contribution in [3.63, 3.8) is 0 Å². The third-order valence-electron chi connectivity index (χ3n) is 1.84. The molecule has 17 heavy (non-hydrogen) atoms. The van der Waals surface area contributed by atoms with Crippen molar-refractivity contribution >= 4 is 17.4 Å². The number of halogens is 1. The molecule has 0 fully saturated rings. The highest BCUT2D eigenvalue weighted by Crippen LogP contribution is 2.06. The molecule has 1 N–H and O–H groups in total. The molecule has 0 radical (unpaired) electrons. The van der Waals surface area contributed by atoms with Crippen LogP contribution in [0.15, 0.2) is 29.3 Å². The fraction of sp³-hybridized carbons (Fsp3) is 0.182. The zero-order valence-electron chi connectivity index (χ0n) is 9.14.